The van der Waals surface area contributed by atoms with Crippen molar-refractivity contribution in [3.05, 3.63) is 35.9 Å². The van der Waals surface area contributed by atoms with Crippen LogP contribution in [0.2, 0.25) is 0 Å². The minimum atomic E-state index is -3.02. The maximum atomic E-state index is 12.3. The highest BCUT2D eigenvalue weighted by Crippen LogP contribution is 2.29. The molecule has 6 nitrogen and oxygen atoms in total. The molecule has 0 aliphatic rings. The highest BCUT2D eigenvalue weighted by atomic mass is 19.3. The molecule has 1 aromatic carbocycles. The predicted octanol–water partition coefficient (Wildman–Crippen LogP) is 2.88. The molecule has 138 valence electrons. The quantitative estimate of drug-likeness (QED) is 0.502. The van der Waals surface area contributed by atoms with E-state index < -0.39 is 19.2 Å². The van der Waals surface area contributed by atoms with Crippen LogP contribution in [-0.4, -0.2) is 50.2 Å². The lowest BCUT2D eigenvalue weighted by Gasteiger charge is -2.20. The molecular formula is C17H21F2NO5. The van der Waals surface area contributed by atoms with E-state index in [9.17, 15) is 18.4 Å². The van der Waals surface area contributed by atoms with Gasteiger partial charge in [0.05, 0.1) is 12.7 Å². The molecule has 1 aromatic rings. The van der Waals surface area contributed by atoms with Crippen LogP contribution in [-0.2, 0) is 9.53 Å². The number of amides is 1. The van der Waals surface area contributed by atoms with Crippen molar-refractivity contribution < 1.29 is 32.6 Å². The molecule has 0 atom stereocenters. The zero-order valence-corrected chi connectivity index (χ0v) is 14.4. The fraction of sp³-hybridized carbons (Fsp3) is 0.412. The van der Waals surface area contributed by atoms with Crippen LogP contribution in [0, 0.1) is 0 Å². The van der Waals surface area contributed by atoms with E-state index in [1.54, 1.807) is 13.8 Å². The van der Waals surface area contributed by atoms with Gasteiger partial charge in [0.25, 0.3) is 5.91 Å². The van der Waals surface area contributed by atoms with Crippen molar-refractivity contribution in [3.8, 4) is 11.5 Å². The Hall–Kier alpha value is -2.64. The van der Waals surface area contributed by atoms with Crippen molar-refractivity contribution in [1.82, 2.24) is 4.90 Å². The van der Waals surface area contributed by atoms with E-state index in [1.807, 2.05) is 0 Å². The van der Waals surface area contributed by atoms with Crippen molar-refractivity contribution in [1.29, 1.82) is 0 Å². The number of halogens is 2. The highest BCUT2D eigenvalue weighted by Gasteiger charge is 2.18. The van der Waals surface area contributed by atoms with Gasteiger partial charge in [0.2, 0.25) is 0 Å². The molecule has 25 heavy (non-hydrogen) atoms. The zero-order valence-electron chi connectivity index (χ0n) is 14.4. The maximum Gasteiger partial charge on any atom is 0.387 e. The van der Waals surface area contributed by atoms with Gasteiger partial charge in [-0.3, -0.25) is 4.79 Å². The first kappa shape index (κ1) is 20.4. The maximum absolute atomic E-state index is 12.3. The highest BCUT2D eigenvalue weighted by molar-refractivity contribution is 5.92. The van der Waals surface area contributed by atoms with E-state index in [1.165, 1.54) is 30.2 Å². The normalized spacial score (nSPS) is 10.3. The van der Waals surface area contributed by atoms with E-state index in [4.69, 9.17) is 9.47 Å². The number of hydrogen-bond donors (Lipinski definition) is 0. The minimum Gasteiger partial charge on any atom is -0.493 e. The lowest BCUT2D eigenvalue weighted by molar-refractivity contribution is -0.133. The second-order valence-electron chi connectivity index (χ2n) is 5.19. The fourth-order valence-electron chi connectivity index (χ4n) is 1.99. The molecule has 0 saturated carbocycles. The summed E-state index contributed by atoms with van der Waals surface area (Å²) in [5.41, 5.74) is 0.857. The van der Waals surface area contributed by atoms with Crippen molar-refractivity contribution in [2.75, 3.05) is 26.8 Å². The summed E-state index contributed by atoms with van der Waals surface area (Å²) in [6, 6.07) is 3.62. The number of carbonyl (C=O) groups is 2. The zero-order chi connectivity index (χ0) is 19.0. The first-order valence-electron chi connectivity index (χ1n) is 7.50. The van der Waals surface area contributed by atoms with Gasteiger partial charge in [-0.05, 0) is 32.0 Å². The van der Waals surface area contributed by atoms with Crippen LogP contribution in [0.25, 0.3) is 0 Å². The number of alkyl halides is 2. The molecule has 1 amide bonds. The van der Waals surface area contributed by atoms with Crippen molar-refractivity contribution in [2.24, 2.45) is 0 Å². The van der Waals surface area contributed by atoms with Gasteiger partial charge in [0.1, 0.15) is 0 Å². The van der Waals surface area contributed by atoms with Gasteiger partial charge in [-0.25, -0.2) is 4.79 Å². The van der Waals surface area contributed by atoms with E-state index in [0.717, 1.165) is 5.57 Å². The van der Waals surface area contributed by atoms with Crippen LogP contribution in [0.4, 0.5) is 8.78 Å². The molecule has 0 unspecified atom stereocenters. The van der Waals surface area contributed by atoms with Crippen molar-refractivity contribution >= 4 is 11.9 Å². The first-order chi connectivity index (χ1) is 11.8. The van der Waals surface area contributed by atoms with Gasteiger partial charge in [-0.2, -0.15) is 8.78 Å². The van der Waals surface area contributed by atoms with E-state index in [0.29, 0.717) is 13.1 Å². The summed E-state index contributed by atoms with van der Waals surface area (Å²) in [5, 5.41) is 0. The van der Waals surface area contributed by atoms with Gasteiger partial charge >= 0.3 is 12.6 Å². The van der Waals surface area contributed by atoms with Crippen molar-refractivity contribution in [3.63, 3.8) is 0 Å². The van der Waals surface area contributed by atoms with Gasteiger partial charge in [0.15, 0.2) is 18.1 Å². The second kappa shape index (κ2) is 9.61. The first-order valence-corrected chi connectivity index (χ1v) is 7.50. The summed E-state index contributed by atoms with van der Waals surface area (Å²) < 4.78 is 38.7. The number of esters is 1. The Kier molecular flexibility index (Phi) is 7.84. The molecule has 0 fully saturated rings. The van der Waals surface area contributed by atoms with Crippen LogP contribution < -0.4 is 9.47 Å². The number of likely N-dealkylation sites (N-methyl/N-ethyl adjacent to an activating group) is 1. The lowest BCUT2D eigenvalue weighted by atomic mass is 10.2. The standard InChI is InChI=1S/C17H21F2NO5/c1-5-20(9-11(2)3)15(21)10-24-16(22)12-6-7-13(25-17(18)19)14(8-12)23-4/h6-8,17H,2,5,9-10H2,1,3-4H3. The largest absolute Gasteiger partial charge is 0.493 e. The summed E-state index contributed by atoms with van der Waals surface area (Å²) >= 11 is 0. The molecular weight excluding hydrogens is 336 g/mol. The third-order valence-corrected chi connectivity index (χ3v) is 3.14. The van der Waals surface area contributed by atoms with Gasteiger partial charge in [-0.15, -0.1) is 0 Å². The van der Waals surface area contributed by atoms with E-state index >= 15 is 0 Å². The van der Waals surface area contributed by atoms with Crippen LogP contribution in [0.3, 0.4) is 0 Å². The summed E-state index contributed by atoms with van der Waals surface area (Å²) in [6.45, 7) is 4.71. The lowest BCUT2D eigenvalue weighted by Crippen LogP contribution is -2.35. The van der Waals surface area contributed by atoms with Gasteiger partial charge < -0.3 is 19.1 Å². The van der Waals surface area contributed by atoms with Crippen LogP contribution in [0.1, 0.15) is 24.2 Å². The number of ether oxygens (including phenoxy) is 3. The number of methoxy groups -OCH3 is 1. The molecule has 0 bridgehead atoms. The summed E-state index contributed by atoms with van der Waals surface area (Å²) in [5.74, 6) is -1.38. The molecule has 8 heteroatoms. The number of nitrogens with zero attached hydrogens (tertiary/aromatic N) is 1. The van der Waals surface area contributed by atoms with E-state index in [2.05, 4.69) is 11.3 Å². The van der Waals surface area contributed by atoms with Crippen LogP contribution >= 0.6 is 0 Å². The molecule has 0 aliphatic carbocycles. The minimum absolute atomic E-state index is 0.0430. The molecule has 0 aliphatic heterocycles. The monoisotopic (exact) mass is 357 g/mol. The molecule has 0 N–H and O–H groups in total. The summed E-state index contributed by atoms with van der Waals surface area (Å²) in [7, 11) is 1.25. The summed E-state index contributed by atoms with van der Waals surface area (Å²) in [4.78, 5) is 25.5. The molecule has 0 radical (unpaired) electrons. The average molecular weight is 357 g/mol. The molecule has 0 saturated heterocycles. The Morgan fingerprint density at radius 1 is 1.28 bits per heavy atom. The summed E-state index contributed by atoms with van der Waals surface area (Å²) in [6.07, 6.45) is 0. The predicted molar refractivity (Wildman–Crippen MR) is 87.0 cm³/mol. The van der Waals surface area contributed by atoms with Gasteiger partial charge in [0, 0.05) is 13.1 Å². The molecule has 1 rings (SSSR count). The average Bonchev–Trinajstić information content (AvgIpc) is 2.56. The third kappa shape index (κ3) is 6.40. The Morgan fingerprint density at radius 3 is 2.48 bits per heavy atom. The number of hydrogen-bond acceptors (Lipinski definition) is 5. The Balaban J connectivity index is 2.74. The fourth-order valence-corrected chi connectivity index (χ4v) is 1.99. The Morgan fingerprint density at radius 2 is 1.96 bits per heavy atom. The Bertz CT molecular complexity index is 633. The smallest absolute Gasteiger partial charge is 0.387 e. The molecule has 0 heterocycles. The third-order valence-electron chi connectivity index (χ3n) is 3.14. The molecule has 0 aromatic heterocycles. The molecule has 0 spiro atoms. The number of rotatable bonds is 9. The van der Waals surface area contributed by atoms with Crippen LogP contribution in [0.5, 0.6) is 11.5 Å². The Labute approximate surface area is 145 Å². The second-order valence-corrected chi connectivity index (χ2v) is 5.19. The number of carbonyl (C=O) groups excluding carboxylic acids is 2. The topological polar surface area (TPSA) is 65.1 Å². The SMILES string of the molecule is C=C(C)CN(CC)C(=O)COC(=O)c1ccc(OC(F)F)c(OC)c1. The van der Waals surface area contributed by atoms with Gasteiger partial charge in [-0.1, -0.05) is 12.2 Å². The van der Waals surface area contributed by atoms with E-state index in [-0.39, 0.29) is 23.0 Å². The van der Waals surface area contributed by atoms with Crippen LogP contribution in [0.15, 0.2) is 30.4 Å². The number of benzene rings is 1. The van der Waals surface area contributed by atoms with Crippen molar-refractivity contribution in [2.45, 2.75) is 20.5 Å².